The Bertz CT molecular complexity index is 587. The molecule has 0 aliphatic carbocycles. The van der Waals surface area contributed by atoms with Gasteiger partial charge >= 0.3 is 11.8 Å². The molecule has 1 aliphatic heterocycles. The summed E-state index contributed by atoms with van der Waals surface area (Å²) in [5.41, 5.74) is 0.124. The van der Waals surface area contributed by atoms with Gasteiger partial charge in [0, 0.05) is 12.0 Å². The lowest BCUT2D eigenvalue weighted by atomic mass is 10.1. The number of carbonyl (C=O) groups is 1. The van der Waals surface area contributed by atoms with Crippen LogP contribution in [0.1, 0.15) is 26.3 Å². The SMILES string of the molecule is COC1/C(=[N+](\[O-])O)c2ccccc2N1C(=O)OC(C)(C)C. The quantitative estimate of drug-likeness (QED) is 0.487. The van der Waals surface area contributed by atoms with Crippen LogP contribution in [0.15, 0.2) is 24.3 Å². The maximum Gasteiger partial charge on any atom is 0.417 e. The molecule has 2 rings (SSSR count). The Morgan fingerprint density at radius 1 is 1.38 bits per heavy atom. The standard InChI is InChI=1S/C14H18N2O5/c1-14(2,3)21-13(17)15-10-8-6-5-7-9(10)11(16(18)19)12(15)20-4/h5-8,12H,1-4H3,(H,18,19). The Hall–Kier alpha value is -2.28. The van der Waals surface area contributed by atoms with Gasteiger partial charge in [-0.15, -0.1) is 0 Å². The minimum Gasteiger partial charge on any atom is -0.443 e. The van der Waals surface area contributed by atoms with Gasteiger partial charge in [-0.25, -0.2) is 9.69 Å². The maximum atomic E-state index is 12.4. The van der Waals surface area contributed by atoms with Crippen molar-refractivity contribution in [2.24, 2.45) is 0 Å². The average molecular weight is 294 g/mol. The second kappa shape index (κ2) is 5.25. The predicted molar refractivity (Wildman–Crippen MR) is 75.5 cm³/mol. The molecule has 1 N–H and O–H groups in total. The highest BCUT2D eigenvalue weighted by atomic mass is 16.8. The number of hydrogen-bond donors (Lipinski definition) is 1. The molecule has 7 nitrogen and oxygen atoms in total. The molecule has 21 heavy (non-hydrogen) atoms. The smallest absolute Gasteiger partial charge is 0.417 e. The molecule has 0 aromatic heterocycles. The highest BCUT2D eigenvalue weighted by Gasteiger charge is 2.47. The van der Waals surface area contributed by atoms with E-state index in [4.69, 9.17) is 9.47 Å². The Labute approximate surface area is 122 Å². The minimum absolute atomic E-state index is 0.0565. The zero-order valence-electron chi connectivity index (χ0n) is 12.4. The molecular formula is C14H18N2O5. The van der Waals surface area contributed by atoms with Crippen LogP contribution in [0.25, 0.3) is 0 Å². The van der Waals surface area contributed by atoms with E-state index in [1.807, 2.05) is 0 Å². The number of benzene rings is 1. The molecule has 1 aromatic carbocycles. The normalized spacial score (nSPS) is 20.2. The van der Waals surface area contributed by atoms with Crippen LogP contribution < -0.4 is 4.90 Å². The fraction of sp³-hybridized carbons (Fsp3) is 0.429. The van der Waals surface area contributed by atoms with E-state index < -0.39 is 17.9 Å². The predicted octanol–water partition coefficient (Wildman–Crippen LogP) is 2.10. The topological polar surface area (TPSA) is 85.1 Å². The first-order valence-corrected chi connectivity index (χ1v) is 6.43. The summed E-state index contributed by atoms with van der Waals surface area (Å²) in [6.45, 7) is 5.22. The summed E-state index contributed by atoms with van der Waals surface area (Å²) in [7, 11) is 1.34. The van der Waals surface area contributed by atoms with E-state index in [0.717, 1.165) is 0 Å². The molecule has 1 aromatic rings. The number of fused-ring (bicyclic) bond motifs is 1. The second-order valence-corrected chi connectivity index (χ2v) is 5.61. The van der Waals surface area contributed by atoms with Crippen molar-refractivity contribution in [2.45, 2.75) is 32.6 Å². The van der Waals surface area contributed by atoms with Gasteiger partial charge in [-0.05, 0) is 32.9 Å². The number of hydrogen-bond acceptors (Lipinski definition) is 5. The molecule has 1 amide bonds. The molecule has 114 valence electrons. The number of amides is 1. The summed E-state index contributed by atoms with van der Waals surface area (Å²) in [4.78, 5) is 13.3. The summed E-state index contributed by atoms with van der Waals surface area (Å²) in [5.74, 6) is 0. The first kappa shape index (κ1) is 15.1. The first-order valence-electron chi connectivity index (χ1n) is 6.43. The summed E-state index contributed by atoms with van der Waals surface area (Å²) in [6, 6.07) is 6.70. The van der Waals surface area contributed by atoms with Crippen molar-refractivity contribution < 1.29 is 24.4 Å². The van der Waals surface area contributed by atoms with Crippen molar-refractivity contribution in [1.29, 1.82) is 0 Å². The van der Waals surface area contributed by atoms with Crippen LogP contribution in [0.4, 0.5) is 10.5 Å². The van der Waals surface area contributed by atoms with Crippen molar-refractivity contribution in [3.8, 4) is 0 Å². The van der Waals surface area contributed by atoms with E-state index in [1.165, 1.54) is 12.0 Å². The summed E-state index contributed by atoms with van der Waals surface area (Å²) in [6.07, 6.45) is -1.70. The summed E-state index contributed by atoms with van der Waals surface area (Å²) in [5, 5.41) is 20.7. The number of rotatable bonds is 1. The number of para-hydroxylation sites is 1. The fourth-order valence-electron chi connectivity index (χ4n) is 2.20. The van der Waals surface area contributed by atoms with Crippen molar-refractivity contribution in [2.75, 3.05) is 12.0 Å². The maximum absolute atomic E-state index is 12.4. The van der Waals surface area contributed by atoms with E-state index >= 15 is 0 Å². The number of carbonyl (C=O) groups excluding carboxylic acids is 1. The molecule has 1 unspecified atom stereocenters. The van der Waals surface area contributed by atoms with Gasteiger partial charge < -0.3 is 14.7 Å². The van der Waals surface area contributed by atoms with Gasteiger partial charge in [0.1, 0.15) is 5.60 Å². The first-order chi connectivity index (χ1) is 9.76. The van der Waals surface area contributed by atoms with Crippen LogP contribution in [-0.4, -0.2) is 40.9 Å². The molecule has 1 heterocycles. The van der Waals surface area contributed by atoms with Gasteiger partial charge in [0.15, 0.2) is 0 Å². The third-order valence-electron chi connectivity index (χ3n) is 2.93. The van der Waals surface area contributed by atoms with E-state index in [0.29, 0.717) is 11.3 Å². The van der Waals surface area contributed by atoms with Gasteiger partial charge in [0.2, 0.25) is 6.23 Å². The van der Waals surface area contributed by atoms with Gasteiger partial charge in [0.25, 0.3) is 0 Å². The average Bonchev–Trinajstić information content (AvgIpc) is 2.70. The van der Waals surface area contributed by atoms with E-state index in [2.05, 4.69) is 0 Å². The van der Waals surface area contributed by atoms with Crippen molar-refractivity contribution in [1.82, 2.24) is 0 Å². The molecule has 0 radical (unpaired) electrons. The zero-order chi connectivity index (χ0) is 15.8. The highest BCUT2D eigenvalue weighted by Crippen LogP contribution is 2.33. The number of methoxy groups -OCH3 is 1. The Morgan fingerprint density at radius 2 is 2.00 bits per heavy atom. The molecule has 1 aliphatic rings. The molecule has 0 bridgehead atoms. The van der Waals surface area contributed by atoms with Crippen molar-refractivity contribution >= 4 is 17.5 Å². The van der Waals surface area contributed by atoms with Gasteiger partial charge in [-0.1, -0.05) is 12.1 Å². The second-order valence-electron chi connectivity index (χ2n) is 5.61. The molecule has 0 saturated heterocycles. The summed E-state index contributed by atoms with van der Waals surface area (Å²) < 4.78 is 10.5. The lowest BCUT2D eigenvalue weighted by molar-refractivity contribution is -0.727. The van der Waals surface area contributed by atoms with Crippen LogP contribution >= 0.6 is 0 Å². The minimum atomic E-state index is -1.04. The largest absolute Gasteiger partial charge is 0.443 e. The third-order valence-corrected chi connectivity index (χ3v) is 2.93. The lowest BCUT2D eigenvalue weighted by Gasteiger charge is -2.27. The van der Waals surface area contributed by atoms with Crippen LogP contribution in [0.2, 0.25) is 0 Å². The van der Waals surface area contributed by atoms with Gasteiger partial charge in [-0.3, -0.25) is 5.21 Å². The fourth-order valence-corrected chi connectivity index (χ4v) is 2.20. The van der Waals surface area contributed by atoms with E-state index in [1.54, 1.807) is 45.0 Å². The Morgan fingerprint density at radius 3 is 2.52 bits per heavy atom. The van der Waals surface area contributed by atoms with Crippen LogP contribution in [-0.2, 0) is 9.47 Å². The van der Waals surface area contributed by atoms with Crippen LogP contribution in [0.5, 0.6) is 0 Å². The number of ether oxygens (including phenoxy) is 2. The molecule has 0 saturated carbocycles. The van der Waals surface area contributed by atoms with Crippen molar-refractivity contribution in [3.05, 3.63) is 35.0 Å². The van der Waals surface area contributed by atoms with Crippen LogP contribution in [0.3, 0.4) is 0 Å². The zero-order valence-corrected chi connectivity index (χ0v) is 12.4. The monoisotopic (exact) mass is 294 g/mol. The molecule has 0 spiro atoms. The number of nitrogens with zero attached hydrogens (tertiary/aromatic N) is 2. The van der Waals surface area contributed by atoms with Gasteiger partial charge in [-0.2, -0.15) is 0 Å². The third kappa shape index (κ3) is 2.78. The summed E-state index contributed by atoms with van der Waals surface area (Å²) >= 11 is 0. The van der Waals surface area contributed by atoms with Crippen LogP contribution in [0, 0.1) is 5.21 Å². The molecule has 7 heteroatoms. The number of anilines is 1. The highest BCUT2D eigenvalue weighted by molar-refractivity contribution is 6.16. The molecule has 0 fully saturated rings. The van der Waals surface area contributed by atoms with E-state index in [-0.39, 0.29) is 10.6 Å². The van der Waals surface area contributed by atoms with Gasteiger partial charge in [0.05, 0.1) is 11.3 Å². The van der Waals surface area contributed by atoms with Crippen molar-refractivity contribution in [3.63, 3.8) is 0 Å². The molecule has 1 atom stereocenters. The molecular weight excluding hydrogens is 276 g/mol. The Kier molecular flexibility index (Phi) is 3.78. The Balaban J connectivity index is 2.51. The lowest BCUT2D eigenvalue weighted by Crippen LogP contribution is -2.45. The van der Waals surface area contributed by atoms with E-state index in [9.17, 15) is 15.2 Å².